The average Bonchev–Trinajstić information content (AvgIpc) is 3.25. The van der Waals surface area contributed by atoms with Crippen molar-refractivity contribution >= 4 is 11.8 Å². The molecule has 1 fully saturated rings. The number of amides is 2. The summed E-state index contributed by atoms with van der Waals surface area (Å²) in [5, 5.41) is 0. The first kappa shape index (κ1) is 22.2. The number of hydrogen-bond donors (Lipinski definition) is 1. The minimum Gasteiger partial charge on any atom is -0.494 e. The highest BCUT2D eigenvalue weighted by Crippen LogP contribution is 2.42. The van der Waals surface area contributed by atoms with Gasteiger partial charge in [-0.15, -0.1) is 0 Å². The van der Waals surface area contributed by atoms with Crippen LogP contribution in [0, 0.1) is 0 Å². The molecule has 3 aromatic rings. The fourth-order valence-corrected chi connectivity index (χ4v) is 4.73. The number of nitrogens with zero attached hydrogens (tertiary/aromatic N) is 1. The fraction of sp³-hybridized carbons (Fsp3) is 0.286. The summed E-state index contributed by atoms with van der Waals surface area (Å²) in [6, 6.07) is 17.6. The molecule has 0 unspecified atom stereocenters. The van der Waals surface area contributed by atoms with Crippen molar-refractivity contribution < 1.29 is 19.1 Å². The zero-order valence-electron chi connectivity index (χ0n) is 19.3. The second-order valence-corrected chi connectivity index (χ2v) is 8.74. The second kappa shape index (κ2) is 9.31. The number of nitrogens with two attached hydrogens (primary N) is 1. The number of carbonyl (C=O) groups is 2. The number of fused-ring (bicyclic) bond motifs is 3. The summed E-state index contributed by atoms with van der Waals surface area (Å²) >= 11 is 0. The van der Waals surface area contributed by atoms with Gasteiger partial charge in [0, 0.05) is 24.2 Å². The van der Waals surface area contributed by atoms with Crippen molar-refractivity contribution in [2.45, 2.75) is 19.8 Å². The summed E-state index contributed by atoms with van der Waals surface area (Å²) in [5.74, 6) is 0.347. The van der Waals surface area contributed by atoms with Crippen molar-refractivity contribution in [3.8, 4) is 28.0 Å². The van der Waals surface area contributed by atoms with Gasteiger partial charge in [-0.25, -0.2) is 0 Å². The Hall–Kier alpha value is -3.64. The van der Waals surface area contributed by atoms with Gasteiger partial charge >= 0.3 is 0 Å². The van der Waals surface area contributed by atoms with E-state index >= 15 is 0 Å². The largest absolute Gasteiger partial charge is 0.494 e. The van der Waals surface area contributed by atoms with Gasteiger partial charge in [0.05, 0.1) is 19.8 Å². The normalized spacial score (nSPS) is 14.4. The molecule has 1 heterocycles. The number of ether oxygens (including phenoxy) is 2. The van der Waals surface area contributed by atoms with Crippen molar-refractivity contribution in [1.82, 2.24) is 4.90 Å². The average molecular weight is 457 g/mol. The predicted molar refractivity (Wildman–Crippen MR) is 131 cm³/mol. The van der Waals surface area contributed by atoms with E-state index in [1.165, 1.54) is 0 Å². The van der Waals surface area contributed by atoms with E-state index in [1.807, 2.05) is 53.4 Å². The number of primary amides is 1. The predicted octanol–water partition coefficient (Wildman–Crippen LogP) is 4.28. The summed E-state index contributed by atoms with van der Waals surface area (Å²) in [5.41, 5.74) is 12.8. The highest BCUT2D eigenvalue weighted by atomic mass is 16.5. The van der Waals surface area contributed by atoms with Crippen LogP contribution in [0.15, 0.2) is 54.6 Å². The van der Waals surface area contributed by atoms with Gasteiger partial charge in [0.15, 0.2) is 0 Å². The molecule has 3 aromatic carbocycles. The molecule has 0 bridgehead atoms. The zero-order chi connectivity index (χ0) is 23.7. The number of benzene rings is 3. The molecule has 0 atom stereocenters. The van der Waals surface area contributed by atoms with Gasteiger partial charge in [-0.05, 0) is 82.6 Å². The van der Waals surface area contributed by atoms with Gasteiger partial charge in [-0.2, -0.15) is 0 Å². The highest BCUT2D eigenvalue weighted by Gasteiger charge is 2.27. The smallest absolute Gasteiger partial charge is 0.254 e. The number of rotatable bonds is 6. The van der Waals surface area contributed by atoms with Crippen LogP contribution in [0.1, 0.15) is 45.2 Å². The van der Waals surface area contributed by atoms with Crippen molar-refractivity contribution in [3.05, 3.63) is 76.9 Å². The van der Waals surface area contributed by atoms with Crippen LogP contribution in [0.2, 0.25) is 0 Å². The SMILES string of the molecule is CCCOc1cccc(-c2cc(C(N)=O)c3c(c2)-c2cc(C(=O)N4CCOCC4)ccc2C3)c1. The third-order valence-corrected chi connectivity index (χ3v) is 6.47. The Labute approximate surface area is 199 Å². The first-order valence-electron chi connectivity index (χ1n) is 11.8. The second-order valence-electron chi connectivity index (χ2n) is 8.74. The molecule has 1 saturated heterocycles. The van der Waals surface area contributed by atoms with E-state index in [0.717, 1.165) is 45.6 Å². The molecule has 0 spiro atoms. The third kappa shape index (κ3) is 4.17. The molecule has 1 aliphatic heterocycles. The fourth-order valence-electron chi connectivity index (χ4n) is 4.73. The molecule has 1 aliphatic carbocycles. The molecule has 6 heteroatoms. The van der Waals surface area contributed by atoms with E-state index in [9.17, 15) is 9.59 Å². The molecular formula is C28H28N2O4. The summed E-state index contributed by atoms with van der Waals surface area (Å²) in [6.45, 7) is 5.03. The Kier molecular flexibility index (Phi) is 6.07. The molecule has 5 rings (SSSR count). The molecular weight excluding hydrogens is 428 g/mol. The van der Waals surface area contributed by atoms with E-state index < -0.39 is 5.91 Å². The molecule has 174 valence electrons. The minimum atomic E-state index is -0.450. The molecule has 2 amide bonds. The van der Waals surface area contributed by atoms with E-state index in [-0.39, 0.29) is 5.91 Å². The lowest BCUT2D eigenvalue weighted by molar-refractivity contribution is 0.0303. The van der Waals surface area contributed by atoms with Crippen molar-refractivity contribution in [1.29, 1.82) is 0 Å². The van der Waals surface area contributed by atoms with Crippen LogP contribution in [0.4, 0.5) is 0 Å². The first-order valence-corrected chi connectivity index (χ1v) is 11.8. The lowest BCUT2D eigenvalue weighted by Crippen LogP contribution is -2.40. The number of hydrogen-bond acceptors (Lipinski definition) is 4. The Balaban J connectivity index is 1.56. The highest BCUT2D eigenvalue weighted by molar-refractivity contribution is 6.01. The maximum Gasteiger partial charge on any atom is 0.254 e. The Morgan fingerprint density at radius 3 is 2.59 bits per heavy atom. The monoisotopic (exact) mass is 456 g/mol. The maximum atomic E-state index is 13.1. The maximum absolute atomic E-state index is 13.1. The van der Waals surface area contributed by atoms with Gasteiger partial charge in [-0.3, -0.25) is 9.59 Å². The number of carbonyl (C=O) groups excluding carboxylic acids is 2. The summed E-state index contributed by atoms with van der Waals surface area (Å²) in [7, 11) is 0. The Bertz CT molecular complexity index is 1260. The van der Waals surface area contributed by atoms with E-state index in [2.05, 4.69) is 13.0 Å². The minimum absolute atomic E-state index is 0.00611. The van der Waals surface area contributed by atoms with Crippen LogP contribution in [0.5, 0.6) is 5.75 Å². The van der Waals surface area contributed by atoms with Crippen molar-refractivity contribution in [2.75, 3.05) is 32.9 Å². The van der Waals surface area contributed by atoms with Crippen molar-refractivity contribution in [3.63, 3.8) is 0 Å². The van der Waals surface area contributed by atoms with Crippen LogP contribution in [0.25, 0.3) is 22.3 Å². The van der Waals surface area contributed by atoms with Gasteiger partial charge < -0.3 is 20.1 Å². The molecule has 34 heavy (non-hydrogen) atoms. The first-order chi connectivity index (χ1) is 16.5. The van der Waals surface area contributed by atoms with Crippen LogP contribution >= 0.6 is 0 Å². The standard InChI is InChI=1S/C28H28N2O4/c1-2-10-34-22-5-3-4-18(13-22)21-16-24-23-15-20(28(32)30-8-11-33-12-9-30)7-6-19(23)14-25(24)26(17-21)27(29)31/h3-7,13,15-17H,2,8-12,14H2,1H3,(H2,29,31). The van der Waals surface area contributed by atoms with Crippen LogP contribution in [-0.2, 0) is 11.2 Å². The van der Waals surface area contributed by atoms with Gasteiger partial charge in [0.25, 0.3) is 5.91 Å². The van der Waals surface area contributed by atoms with Crippen LogP contribution in [0.3, 0.4) is 0 Å². The summed E-state index contributed by atoms with van der Waals surface area (Å²) in [6.07, 6.45) is 1.55. The summed E-state index contributed by atoms with van der Waals surface area (Å²) in [4.78, 5) is 27.3. The lowest BCUT2D eigenvalue weighted by Gasteiger charge is -2.27. The quantitative estimate of drug-likeness (QED) is 0.469. The molecule has 0 radical (unpaired) electrons. The van der Waals surface area contributed by atoms with Gasteiger partial charge in [0.2, 0.25) is 5.91 Å². The van der Waals surface area contributed by atoms with Crippen LogP contribution < -0.4 is 10.5 Å². The molecule has 0 aromatic heterocycles. The topological polar surface area (TPSA) is 81.9 Å². The summed E-state index contributed by atoms with van der Waals surface area (Å²) < 4.78 is 11.2. The van der Waals surface area contributed by atoms with Crippen molar-refractivity contribution in [2.24, 2.45) is 5.73 Å². The van der Waals surface area contributed by atoms with Crippen LogP contribution in [-0.4, -0.2) is 49.6 Å². The molecule has 0 saturated carbocycles. The Morgan fingerprint density at radius 1 is 1.00 bits per heavy atom. The molecule has 6 nitrogen and oxygen atoms in total. The lowest BCUT2D eigenvalue weighted by atomic mass is 9.93. The molecule has 2 N–H and O–H groups in total. The van der Waals surface area contributed by atoms with E-state index in [1.54, 1.807) is 0 Å². The van der Waals surface area contributed by atoms with E-state index in [0.29, 0.717) is 50.5 Å². The van der Waals surface area contributed by atoms with Gasteiger partial charge in [-0.1, -0.05) is 25.1 Å². The van der Waals surface area contributed by atoms with Gasteiger partial charge in [0.1, 0.15) is 5.75 Å². The molecule has 2 aliphatic rings. The van der Waals surface area contributed by atoms with E-state index in [4.69, 9.17) is 15.2 Å². The number of morpholine rings is 1. The zero-order valence-corrected chi connectivity index (χ0v) is 19.3. The third-order valence-electron chi connectivity index (χ3n) is 6.47. The Morgan fingerprint density at radius 2 is 1.82 bits per heavy atom.